The van der Waals surface area contributed by atoms with Gasteiger partial charge in [0.1, 0.15) is 5.82 Å². The van der Waals surface area contributed by atoms with Gasteiger partial charge in [-0.3, -0.25) is 9.52 Å². The Morgan fingerprint density at radius 3 is 2.48 bits per heavy atom. The van der Waals surface area contributed by atoms with E-state index in [0.29, 0.717) is 11.8 Å². The van der Waals surface area contributed by atoms with Crippen molar-refractivity contribution in [1.29, 1.82) is 0 Å². The zero-order valence-corrected chi connectivity index (χ0v) is 17.3. The van der Waals surface area contributed by atoms with Gasteiger partial charge in [-0.15, -0.1) is 0 Å². The van der Waals surface area contributed by atoms with Crippen LogP contribution in [-0.2, 0) is 6.42 Å². The summed E-state index contributed by atoms with van der Waals surface area (Å²) in [5, 5.41) is 2.44. The maximum absolute atomic E-state index is 14.8. The maximum Gasteiger partial charge on any atom is 0.183 e. The Hall–Kier alpha value is -3.11. The third kappa shape index (κ3) is 4.97. The second kappa shape index (κ2) is 9.80. The van der Waals surface area contributed by atoms with Gasteiger partial charge in [-0.2, -0.15) is 0 Å². The number of nitrogens with one attached hydrogen (secondary N) is 3. The number of aldehydes is 1. The van der Waals surface area contributed by atoms with E-state index in [0.717, 1.165) is 18.2 Å². The Bertz CT molecular complexity index is 1130. The van der Waals surface area contributed by atoms with Crippen LogP contribution in [0.4, 0.5) is 34.8 Å². The van der Waals surface area contributed by atoms with Crippen LogP contribution in [0.15, 0.2) is 36.5 Å². The van der Waals surface area contributed by atoms with E-state index in [2.05, 4.69) is 19.7 Å². The lowest BCUT2D eigenvalue weighted by Crippen LogP contribution is -2.08. The van der Waals surface area contributed by atoms with Gasteiger partial charge in [0.2, 0.25) is 0 Å². The van der Waals surface area contributed by atoms with E-state index in [4.69, 9.17) is 0 Å². The molecule has 5 nitrogen and oxygen atoms in total. The predicted molar refractivity (Wildman–Crippen MR) is 113 cm³/mol. The first-order valence-electron chi connectivity index (χ1n) is 9.06. The quantitative estimate of drug-likeness (QED) is 0.246. The SMILES string of the molecule is CNSNc1nccc(Cc2cc(C=O)c(Nc3ccc(C)cc3F)c(F)c2F)c1F. The molecule has 0 aliphatic carbocycles. The van der Waals surface area contributed by atoms with Crippen molar-refractivity contribution in [2.24, 2.45) is 0 Å². The summed E-state index contributed by atoms with van der Waals surface area (Å²) in [5.74, 6) is -4.13. The number of halogens is 4. The van der Waals surface area contributed by atoms with Crippen LogP contribution < -0.4 is 14.8 Å². The van der Waals surface area contributed by atoms with Crippen molar-refractivity contribution >= 4 is 35.6 Å². The van der Waals surface area contributed by atoms with E-state index in [9.17, 15) is 22.4 Å². The molecule has 3 aromatic rings. The van der Waals surface area contributed by atoms with E-state index in [1.54, 1.807) is 20.0 Å². The average molecular weight is 450 g/mol. The van der Waals surface area contributed by atoms with Crippen LogP contribution in [-0.4, -0.2) is 18.3 Å². The fourth-order valence-electron chi connectivity index (χ4n) is 2.90. The van der Waals surface area contributed by atoms with Gasteiger partial charge in [0.05, 0.1) is 11.4 Å². The molecule has 0 saturated heterocycles. The van der Waals surface area contributed by atoms with Crippen molar-refractivity contribution in [2.75, 3.05) is 17.1 Å². The number of aryl methyl sites for hydroxylation is 1. The topological polar surface area (TPSA) is 66.0 Å². The molecule has 0 aliphatic heterocycles. The molecule has 3 N–H and O–H groups in total. The number of carbonyl (C=O) groups is 1. The molecular formula is C21H18F4N4OS. The highest BCUT2D eigenvalue weighted by molar-refractivity contribution is 7.98. The monoisotopic (exact) mass is 450 g/mol. The zero-order valence-electron chi connectivity index (χ0n) is 16.5. The molecule has 10 heteroatoms. The first kappa shape index (κ1) is 22.6. The standard InChI is InChI=1S/C21H18F4N4OS/c1-11-3-4-16(15(22)7-11)28-20-14(10-30)9-13(17(23)19(20)25)8-12-5-6-27-21(18(12)24)29-31-26-2/h3-7,9-10,26,28H,8H2,1-2H3,(H,27,29). The fourth-order valence-corrected chi connectivity index (χ4v) is 3.24. The van der Waals surface area contributed by atoms with Crippen molar-refractivity contribution in [3.63, 3.8) is 0 Å². The van der Waals surface area contributed by atoms with E-state index in [1.807, 2.05) is 0 Å². The molecule has 0 bridgehead atoms. The van der Waals surface area contributed by atoms with E-state index in [1.165, 1.54) is 24.4 Å². The predicted octanol–water partition coefficient (Wildman–Crippen LogP) is 5.29. The second-order valence-electron chi connectivity index (χ2n) is 6.57. The van der Waals surface area contributed by atoms with Crippen molar-refractivity contribution in [2.45, 2.75) is 13.3 Å². The summed E-state index contributed by atoms with van der Waals surface area (Å²) in [6.45, 7) is 1.68. The van der Waals surface area contributed by atoms with Crippen LogP contribution in [0.3, 0.4) is 0 Å². The number of aromatic nitrogens is 1. The molecule has 0 fully saturated rings. The molecule has 0 unspecified atom stereocenters. The largest absolute Gasteiger partial charge is 0.350 e. The number of hydrogen-bond acceptors (Lipinski definition) is 6. The number of benzene rings is 2. The fraction of sp³-hybridized carbons (Fsp3) is 0.143. The highest BCUT2D eigenvalue weighted by atomic mass is 32.2. The number of rotatable bonds is 8. The lowest BCUT2D eigenvalue weighted by atomic mass is 10.0. The molecule has 0 radical (unpaired) electrons. The highest BCUT2D eigenvalue weighted by Gasteiger charge is 2.21. The van der Waals surface area contributed by atoms with Crippen molar-refractivity contribution in [3.05, 3.63) is 82.1 Å². The molecule has 1 aromatic heterocycles. The second-order valence-corrected chi connectivity index (χ2v) is 7.39. The molecule has 1 heterocycles. The maximum atomic E-state index is 14.8. The van der Waals surface area contributed by atoms with Gasteiger partial charge in [0, 0.05) is 30.3 Å². The molecule has 0 atom stereocenters. The van der Waals surface area contributed by atoms with E-state index in [-0.39, 0.29) is 34.6 Å². The summed E-state index contributed by atoms with van der Waals surface area (Å²) in [6, 6.07) is 6.59. The Labute approximate surface area is 180 Å². The summed E-state index contributed by atoms with van der Waals surface area (Å²) in [7, 11) is 1.62. The summed E-state index contributed by atoms with van der Waals surface area (Å²) in [6.07, 6.45) is 1.32. The average Bonchev–Trinajstić information content (AvgIpc) is 2.75. The molecule has 0 saturated carbocycles. The third-order valence-electron chi connectivity index (χ3n) is 4.42. The number of carbonyl (C=O) groups excluding carboxylic acids is 1. The van der Waals surface area contributed by atoms with E-state index < -0.39 is 29.0 Å². The van der Waals surface area contributed by atoms with Gasteiger partial charge in [-0.1, -0.05) is 6.07 Å². The summed E-state index contributed by atoms with van der Waals surface area (Å²) in [4.78, 5) is 15.4. The minimum atomic E-state index is -1.36. The molecule has 2 aromatic carbocycles. The molecule has 31 heavy (non-hydrogen) atoms. The lowest BCUT2D eigenvalue weighted by Gasteiger charge is -2.15. The molecule has 0 spiro atoms. The van der Waals surface area contributed by atoms with Crippen LogP contribution in [0, 0.1) is 30.2 Å². The van der Waals surface area contributed by atoms with Crippen LogP contribution in [0.25, 0.3) is 0 Å². The number of nitrogens with zero attached hydrogens (tertiary/aromatic N) is 1. The Balaban J connectivity index is 1.97. The van der Waals surface area contributed by atoms with Gasteiger partial charge < -0.3 is 5.32 Å². The van der Waals surface area contributed by atoms with Crippen molar-refractivity contribution in [1.82, 2.24) is 9.71 Å². The zero-order chi connectivity index (χ0) is 22.5. The molecule has 0 aliphatic rings. The first-order valence-corrected chi connectivity index (χ1v) is 9.88. The first-order chi connectivity index (χ1) is 14.8. The van der Waals surface area contributed by atoms with Crippen molar-refractivity contribution in [3.8, 4) is 0 Å². The van der Waals surface area contributed by atoms with Gasteiger partial charge in [-0.05, 0) is 54.9 Å². The smallest absolute Gasteiger partial charge is 0.183 e. The van der Waals surface area contributed by atoms with Crippen LogP contribution >= 0.6 is 12.1 Å². The van der Waals surface area contributed by atoms with Crippen LogP contribution in [0.1, 0.15) is 27.0 Å². The lowest BCUT2D eigenvalue weighted by molar-refractivity contribution is 0.112. The van der Waals surface area contributed by atoms with Crippen LogP contribution in [0.2, 0.25) is 0 Å². The molecular weight excluding hydrogens is 432 g/mol. The van der Waals surface area contributed by atoms with E-state index >= 15 is 0 Å². The minimum absolute atomic E-state index is 0.0506. The molecule has 162 valence electrons. The molecule has 3 rings (SSSR count). The summed E-state index contributed by atoms with van der Waals surface area (Å²) < 4.78 is 63.7. The molecule has 0 amide bonds. The van der Waals surface area contributed by atoms with Gasteiger partial charge in [0.15, 0.2) is 29.6 Å². The Kier molecular flexibility index (Phi) is 7.13. The highest BCUT2D eigenvalue weighted by Crippen LogP contribution is 2.31. The van der Waals surface area contributed by atoms with Gasteiger partial charge in [-0.25, -0.2) is 27.3 Å². The van der Waals surface area contributed by atoms with Crippen LogP contribution in [0.5, 0.6) is 0 Å². The minimum Gasteiger partial charge on any atom is -0.350 e. The normalized spacial score (nSPS) is 10.8. The Morgan fingerprint density at radius 1 is 1.03 bits per heavy atom. The Morgan fingerprint density at radius 2 is 1.81 bits per heavy atom. The number of pyridine rings is 1. The van der Waals surface area contributed by atoms with Gasteiger partial charge >= 0.3 is 0 Å². The number of anilines is 3. The van der Waals surface area contributed by atoms with Crippen molar-refractivity contribution < 1.29 is 22.4 Å². The summed E-state index contributed by atoms with van der Waals surface area (Å²) in [5.41, 5.74) is -0.379. The number of hydrogen-bond donors (Lipinski definition) is 3. The van der Waals surface area contributed by atoms with Gasteiger partial charge in [0.25, 0.3) is 0 Å². The third-order valence-corrected chi connectivity index (χ3v) is 4.92. The summed E-state index contributed by atoms with van der Waals surface area (Å²) >= 11 is 0.985.